The van der Waals surface area contributed by atoms with E-state index in [0.717, 1.165) is 53.7 Å². The van der Waals surface area contributed by atoms with Crippen LogP contribution in [0, 0.1) is 26.7 Å². The van der Waals surface area contributed by atoms with Gasteiger partial charge < -0.3 is 0 Å². The van der Waals surface area contributed by atoms with Gasteiger partial charge in [-0.15, -0.1) is 0 Å². The van der Waals surface area contributed by atoms with Crippen LogP contribution in [0.4, 0.5) is 0 Å². The van der Waals surface area contributed by atoms with Crippen LogP contribution in [0.25, 0.3) is 10.9 Å². The van der Waals surface area contributed by atoms with Crippen LogP contribution in [-0.2, 0) is 23.0 Å². The fourth-order valence-corrected chi connectivity index (χ4v) is 6.99. The summed E-state index contributed by atoms with van der Waals surface area (Å²) in [6.45, 7) is 9.34. The second-order valence-electron chi connectivity index (χ2n) is 9.29. The van der Waals surface area contributed by atoms with Crippen LogP contribution in [-0.4, -0.2) is 35.4 Å². The lowest BCUT2D eigenvalue weighted by molar-refractivity contribution is 0.249. The summed E-state index contributed by atoms with van der Waals surface area (Å²) in [5.74, 6) is 1.06. The summed E-state index contributed by atoms with van der Waals surface area (Å²) in [7, 11) is -3.54. The molecule has 0 radical (unpaired) electrons. The highest BCUT2D eigenvalue weighted by Crippen LogP contribution is 2.29. The molecule has 0 unspecified atom stereocenters. The van der Waals surface area contributed by atoms with Crippen molar-refractivity contribution >= 4 is 20.9 Å². The molecule has 7 heteroatoms. The number of rotatable bonds is 6. The Morgan fingerprint density at radius 2 is 1.67 bits per heavy atom. The van der Waals surface area contributed by atoms with Crippen molar-refractivity contribution in [3.05, 3.63) is 69.3 Å². The average Bonchev–Trinajstić information content (AvgIpc) is 2.76. The maximum absolute atomic E-state index is 13.4. The molecule has 0 amide bonds. The van der Waals surface area contributed by atoms with Gasteiger partial charge >= 0.3 is 0 Å². The lowest BCUT2D eigenvalue weighted by atomic mass is 9.98. The van der Waals surface area contributed by atoms with Crippen LogP contribution in [0.3, 0.4) is 0 Å². The van der Waals surface area contributed by atoms with Crippen molar-refractivity contribution in [3.63, 3.8) is 0 Å². The number of fused-ring (bicyclic) bond motifs is 1. The summed E-state index contributed by atoms with van der Waals surface area (Å²) in [6, 6.07) is 11.4. The molecule has 0 spiro atoms. The van der Waals surface area contributed by atoms with Crippen molar-refractivity contribution < 1.29 is 8.42 Å². The van der Waals surface area contributed by atoms with Crippen molar-refractivity contribution in [3.8, 4) is 0 Å². The van der Waals surface area contributed by atoms with Gasteiger partial charge in [-0.25, -0.2) is 13.4 Å². The summed E-state index contributed by atoms with van der Waals surface area (Å²) in [5.41, 5.74) is 3.41. The molecule has 1 aromatic heterocycles. The van der Waals surface area contributed by atoms with Gasteiger partial charge in [0.05, 0.1) is 15.8 Å². The third-order valence-corrected chi connectivity index (χ3v) is 8.84. The standard InChI is InChI=1S/C26H33N3O3S/c1-5-8-24-27-23-10-7-6-9-22(23)26(30)29(24)17-21-11-13-28(14-12-21)33(31,32)25-19(3)15-18(2)16-20(25)4/h6-7,9-10,15-16,21H,5,8,11-14,17H2,1-4H3. The van der Waals surface area contributed by atoms with E-state index in [2.05, 4.69) is 6.92 Å². The Labute approximate surface area is 196 Å². The number of benzene rings is 2. The number of hydrogen-bond acceptors (Lipinski definition) is 4. The molecule has 0 bridgehead atoms. The van der Waals surface area contributed by atoms with E-state index in [1.54, 1.807) is 4.31 Å². The highest BCUT2D eigenvalue weighted by molar-refractivity contribution is 7.89. The van der Waals surface area contributed by atoms with Crippen molar-refractivity contribution in [2.24, 2.45) is 5.92 Å². The first kappa shape index (κ1) is 23.6. The fraction of sp³-hybridized carbons (Fsp3) is 0.462. The number of para-hydroxylation sites is 1. The quantitative estimate of drug-likeness (QED) is 0.539. The van der Waals surface area contributed by atoms with Crippen LogP contribution in [0.15, 0.2) is 46.1 Å². The lowest BCUT2D eigenvalue weighted by Gasteiger charge is -2.32. The average molecular weight is 468 g/mol. The van der Waals surface area contributed by atoms with E-state index in [-0.39, 0.29) is 11.5 Å². The molecular formula is C26H33N3O3S. The maximum atomic E-state index is 13.4. The smallest absolute Gasteiger partial charge is 0.261 e. The number of nitrogens with zero attached hydrogens (tertiary/aromatic N) is 3. The lowest BCUT2D eigenvalue weighted by Crippen LogP contribution is -2.40. The topological polar surface area (TPSA) is 72.3 Å². The van der Waals surface area contributed by atoms with Gasteiger partial charge in [-0.1, -0.05) is 36.8 Å². The minimum Gasteiger partial charge on any atom is -0.296 e. The molecule has 1 aliphatic rings. The molecule has 0 N–H and O–H groups in total. The summed E-state index contributed by atoms with van der Waals surface area (Å²) < 4.78 is 30.3. The van der Waals surface area contributed by atoms with Crippen LogP contribution in [0.1, 0.15) is 48.7 Å². The number of sulfonamides is 1. The first-order chi connectivity index (χ1) is 15.7. The molecule has 1 saturated heterocycles. The minimum atomic E-state index is -3.54. The zero-order valence-electron chi connectivity index (χ0n) is 20.0. The fourth-order valence-electron chi connectivity index (χ4n) is 5.11. The van der Waals surface area contributed by atoms with E-state index in [1.807, 2.05) is 61.7 Å². The van der Waals surface area contributed by atoms with Gasteiger partial charge in [-0.3, -0.25) is 9.36 Å². The molecule has 1 fully saturated rings. The van der Waals surface area contributed by atoms with Crippen molar-refractivity contribution in [1.29, 1.82) is 0 Å². The van der Waals surface area contributed by atoms with Crippen molar-refractivity contribution in [2.45, 2.75) is 64.8 Å². The Morgan fingerprint density at radius 3 is 2.30 bits per heavy atom. The highest BCUT2D eigenvalue weighted by Gasteiger charge is 2.32. The minimum absolute atomic E-state index is 0.00464. The third kappa shape index (κ3) is 4.62. The largest absolute Gasteiger partial charge is 0.296 e. The first-order valence-corrected chi connectivity index (χ1v) is 13.2. The summed E-state index contributed by atoms with van der Waals surface area (Å²) in [4.78, 5) is 18.4. The number of piperidine rings is 1. The normalized spacial score (nSPS) is 15.9. The summed E-state index contributed by atoms with van der Waals surface area (Å²) >= 11 is 0. The summed E-state index contributed by atoms with van der Waals surface area (Å²) in [5, 5.41) is 0.641. The molecule has 6 nitrogen and oxygen atoms in total. The van der Waals surface area contributed by atoms with Crippen LogP contribution < -0.4 is 5.56 Å². The van der Waals surface area contributed by atoms with Gasteiger partial charge in [-0.05, 0) is 69.2 Å². The van der Waals surface area contributed by atoms with Crippen LogP contribution in [0.2, 0.25) is 0 Å². The molecule has 4 rings (SSSR count). The van der Waals surface area contributed by atoms with Crippen LogP contribution >= 0.6 is 0 Å². The number of aryl methyl sites for hydroxylation is 4. The van der Waals surface area contributed by atoms with Gasteiger partial charge in [0.2, 0.25) is 10.0 Å². The molecular weight excluding hydrogens is 434 g/mol. The third-order valence-electron chi connectivity index (χ3n) is 6.63. The molecule has 0 saturated carbocycles. The van der Waals surface area contributed by atoms with Gasteiger partial charge in [0.25, 0.3) is 5.56 Å². The predicted octanol–water partition coefficient (Wildman–Crippen LogP) is 4.38. The SMILES string of the molecule is CCCc1nc2ccccc2c(=O)n1CC1CCN(S(=O)(=O)c2c(C)cc(C)cc2C)CC1. The van der Waals surface area contributed by atoms with E-state index in [9.17, 15) is 13.2 Å². The first-order valence-electron chi connectivity index (χ1n) is 11.8. The van der Waals surface area contributed by atoms with E-state index < -0.39 is 10.0 Å². The molecule has 0 atom stereocenters. The Morgan fingerprint density at radius 1 is 1.03 bits per heavy atom. The Balaban J connectivity index is 1.55. The van der Waals surface area contributed by atoms with E-state index in [1.165, 1.54) is 0 Å². The van der Waals surface area contributed by atoms with Crippen LogP contribution in [0.5, 0.6) is 0 Å². The van der Waals surface area contributed by atoms with Gasteiger partial charge in [0.1, 0.15) is 5.82 Å². The van der Waals surface area contributed by atoms with E-state index >= 15 is 0 Å². The van der Waals surface area contributed by atoms with Gasteiger partial charge in [0, 0.05) is 26.1 Å². The molecule has 3 aromatic rings. The second-order valence-corrected chi connectivity index (χ2v) is 11.2. The zero-order chi connectivity index (χ0) is 23.8. The molecule has 1 aliphatic heterocycles. The van der Waals surface area contributed by atoms with Crippen molar-refractivity contribution in [1.82, 2.24) is 13.9 Å². The summed E-state index contributed by atoms with van der Waals surface area (Å²) in [6.07, 6.45) is 3.12. The Hall–Kier alpha value is -2.51. The van der Waals surface area contributed by atoms with E-state index in [0.29, 0.717) is 29.9 Å². The Bertz CT molecular complexity index is 1310. The molecule has 176 valence electrons. The molecule has 2 aromatic carbocycles. The zero-order valence-corrected chi connectivity index (χ0v) is 20.8. The maximum Gasteiger partial charge on any atom is 0.261 e. The Kier molecular flexibility index (Phi) is 6.73. The predicted molar refractivity (Wildman–Crippen MR) is 132 cm³/mol. The highest BCUT2D eigenvalue weighted by atomic mass is 32.2. The van der Waals surface area contributed by atoms with Crippen molar-refractivity contribution in [2.75, 3.05) is 13.1 Å². The molecule has 2 heterocycles. The van der Waals surface area contributed by atoms with Gasteiger partial charge in [0.15, 0.2) is 0 Å². The number of hydrogen-bond donors (Lipinski definition) is 0. The molecule has 33 heavy (non-hydrogen) atoms. The van der Waals surface area contributed by atoms with E-state index in [4.69, 9.17) is 4.98 Å². The molecule has 0 aliphatic carbocycles. The second kappa shape index (κ2) is 9.39. The number of aromatic nitrogens is 2. The monoisotopic (exact) mass is 467 g/mol. The van der Waals surface area contributed by atoms with Gasteiger partial charge in [-0.2, -0.15) is 4.31 Å².